The van der Waals surface area contributed by atoms with E-state index in [1.54, 1.807) is 54.9 Å². The first-order valence-corrected chi connectivity index (χ1v) is 7.45. The summed E-state index contributed by atoms with van der Waals surface area (Å²) in [6.07, 6.45) is 3.82. The smallest absolute Gasteiger partial charge is 0.335 e. The van der Waals surface area contributed by atoms with Crippen molar-refractivity contribution in [1.82, 2.24) is 15.3 Å². The summed E-state index contributed by atoms with van der Waals surface area (Å²) in [5.74, 6) is -1.13. The van der Waals surface area contributed by atoms with E-state index in [4.69, 9.17) is 5.11 Å². The Kier molecular flexibility index (Phi) is 4.47. The predicted molar refractivity (Wildman–Crippen MR) is 89.0 cm³/mol. The van der Waals surface area contributed by atoms with Crippen LogP contribution in [0.5, 0.6) is 0 Å². The van der Waals surface area contributed by atoms with Gasteiger partial charge in [0, 0.05) is 24.5 Å². The second-order valence-electron chi connectivity index (χ2n) is 5.27. The van der Waals surface area contributed by atoms with E-state index in [1.165, 1.54) is 0 Å². The van der Waals surface area contributed by atoms with Gasteiger partial charge in [-0.2, -0.15) is 0 Å². The lowest BCUT2D eigenvalue weighted by atomic mass is 10.1. The van der Waals surface area contributed by atoms with Crippen molar-refractivity contribution in [3.63, 3.8) is 0 Å². The second kappa shape index (κ2) is 6.87. The molecule has 2 N–H and O–H groups in total. The van der Waals surface area contributed by atoms with Crippen LogP contribution in [0.3, 0.4) is 0 Å². The van der Waals surface area contributed by atoms with Crippen molar-refractivity contribution in [1.29, 1.82) is 0 Å². The van der Waals surface area contributed by atoms with Gasteiger partial charge in [0.05, 0.1) is 16.6 Å². The number of carboxylic acids is 1. The molecule has 0 aliphatic rings. The Hall–Kier alpha value is -3.28. The first kappa shape index (κ1) is 15.6. The minimum atomic E-state index is -0.950. The Labute approximate surface area is 138 Å². The van der Waals surface area contributed by atoms with Crippen molar-refractivity contribution in [3.8, 4) is 0 Å². The van der Waals surface area contributed by atoms with Gasteiger partial charge in [-0.3, -0.25) is 14.8 Å². The fourth-order valence-electron chi connectivity index (χ4n) is 2.34. The monoisotopic (exact) mass is 321 g/mol. The lowest BCUT2D eigenvalue weighted by Gasteiger charge is -2.06. The molecule has 0 spiro atoms. The molecule has 6 heteroatoms. The number of carbonyl (C=O) groups excluding carboxylic acids is 1. The summed E-state index contributed by atoms with van der Waals surface area (Å²) in [7, 11) is 0. The Morgan fingerprint density at radius 1 is 0.917 bits per heavy atom. The van der Waals surface area contributed by atoms with Gasteiger partial charge in [-0.05, 0) is 42.3 Å². The largest absolute Gasteiger partial charge is 0.478 e. The quantitative estimate of drug-likeness (QED) is 0.752. The maximum atomic E-state index is 12.2. The topological polar surface area (TPSA) is 92.2 Å². The van der Waals surface area contributed by atoms with Gasteiger partial charge in [0.1, 0.15) is 0 Å². The third-order valence-electron chi connectivity index (χ3n) is 3.63. The average molecular weight is 321 g/mol. The van der Waals surface area contributed by atoms with Gasteiger partial charge in [0.15, 0.2) is 0 Å². The molecule has 0 saturated heterocycles. The van der Waals surface area contributed by atoms with Crippen LogP contribution in [0.15, 0.2) is 54.9 Å². The number of carbonyl (C=O) groups is 2. The highest BCUT2D eigenvalue weighted by atomic mass is 16.4. The van der Waals surface area contributed by atoms with E-state index in [0.29, 0.717) is 24.0 Å². The minimum Gasteiger partial charge on any atom is -0.478 e. The fraction of sp³-hybridized carbons (Fsp3) is 0.111. The van der Waals surface area contributed by atoms with E-state index in [2.05, 4.69) is 15.3 Å². The second-order valence-corrected chi connectivity index (χ2v) is 5.27. The average Bonchev–Trinajstić information content (AvgIpc) is 2.61. The van der Waals surface area contributed by atoms with Crippen LogP contribution in [-0.4, -0.2) is 33.5 Å². The number of aromatic carboxylic acids is 1. The number of hydrogen-bond donors (Lipinski definition) is 2. The lowest BCUT2D eigenvalue weighted by Crippen LogP contribution is -2.25. The molecule has 0 aliphatic heterocycles. The number of aromatic nitrogens is 2. The van der Waals surface area contributed by atoms with E-state index in [0.717, 1.165) is 11.1 Å². The molecule has 0 radical (unpaired) electrons. The molecule has 1 amide bonds. The molecule has 24 heavy (non-hydrogen) atoms. The van der Waals surface area contributed by atoms with Crippen LogP contribution in [-0.2, 0) is 6.42 Å². The zero-order valence-electron chi connectivity index (χ0n) is 12.8. The SMILES string of the molecule is O=C(O)c1ccc(CCNC(=O)c2ccc3nccnc3c2)cc1. The third-order valence-corrected chi connectivity index (χ3v) is 3.63. The van der Waals surface area contributed by atoms with E-state index in [-0.39, 0.29) is 11.5 Å². The summed E-state index contributed by atoms with van der Waals surface area (Å²) in [5.41, 5.74) is 3.16. The van der Waals surface area contributed by atoms with Crippen molar-refractivity contribution in [3.05, 3.63) is 71.5 Å². The molecule has 1 aromatic heterocycles. The van der Waals surface area contributed by atoms with Crippen LogP contribution >= 0.6 is 0 Å². The molecule has 0 fully saturated rings. The summed E-state index contributed by atoms with van der Waals surface area (Å²) >= 11 is 0. The number of hydrogen-bond acceptors (Lipinski definition) is 4. The summed E-state index contributed by atoms with van der Waals surface area (Å²) in [6, 6.07) is 11.8. The maximum absolute atomic E-state index is 12.2. The summed E-state index contributed by atoms with van der Waals surface area (Å²) in [4.78, 5) is 31.3. The lowest BCUT2D eigenvalue weighted by molar-refractivity contribution is 0.0696. The number of rotatable bonds is 5. The van der Waals surface area contributed by atoms with Gasteiger partial charge in [0.25, 0.3) is 5.91 Å². The summed E-state index contributed by atoms with van der Waals surface area (Å²) in [5, 5.41) is 11.7. The van der Waals surface area contributed by atoms with Crippen molar-refractivity contribution in [2.24, 2.45) is 0 Å². The third kappa shape index (κ3) is 3.55. The molecule has 0 unspecified atom stereocenters. The van der Waals surface area contributed by atoms with Crippen LogP contribution in [0.4, 0.5) is 0 Å². The van der Waals surface area contributed by atoms with E-state index < -0.39 is 5.97 Å². The highest BCUT2D eigenvalue weighted by molar-refractivity contribution is 5.97. The fourth-order valence-corrected chi connectivity index (χ4v) is 2.34. The number of amides is 1. The van der Waals surface area contributed by atoms with E-state index in [1.807, 2.05) is 0 Å². The van der Waals surface area contributed by atoms with Crippen molar-refractivity contribution < 1.29 is 14.7 Å². The van der Waals surface area contributed by atoms with Crippen molar-refractivity contribution >= 4 is 22.9 Å². The Morgan fingerprint density at radius 2 is 1.58 bits per heavy atom. The Bertz CT molecular complexity index is 891. The van der Waals surface area contributed by atoms with Crippen LogP contribution < -0.4 is 5.32 Å². The minimum absolute atomic E-state index is 0.176. The molecule has 0 bridgehead atoms. The van der Waals surface area contributed by atoms with Crippen LogP contribution in [0.1, 0.15) is 26.3 Å². The molecule has 2 aromatic carbocycles. The van der Waals surface area contributed by atoms with Gasteiger partial charge in [0.2, 0.25) is 0 Å². The molecule has 0 saturated carbocycles. The predicted octanol–water partition coefficient (Wildman–Crippen LogP) is 2.30. The molecule has 3 rings (SSSR count). The molecule has 1 heterocycles. The highest BCUT2D eigenvalue weighted by Crippen LogP contribution is 2.11. The molecule has 3 aromatic rings. The summed E-state index contributed by atoms with van der Waals surface area (Å²) in [6.45, 7) is 0.462. The molecular weight excluding hydrogens is 306 g/mol. The van der Waals surface area contributed by atoms with Crippen molar-refractivity contribution in [2.75, 3.05) is 6.54 Å². The maximum Gasteiger partial charge on any atom is 0.335 e. The molecule has 120 valence electrons. The van der Waals surface area contributed by atoms with Gasteiger partial charge in [-0.25, -0.2) is 4.79 Å². The number of nitrogens with one attached hydrogen (secondary N) is 1. The van der Waals surface area contributed by atoms with E-state index >= 15 is 0 Å². The number of nitrogens with zero attached hydrogens (tertiary/aromatic N) is 2. The molecule has 6 nitrogen and oxygen atoms in total. The van der Waals surface area contributed by atoms with Crippen LogP contribution in [0, 0.1) is 0 Å². The highest BCUT2D eigenvalue weighted by Gasteiger charge is 2.07. The zero-order valence-corrected chi connectivity index (χ0v) is 12.8. The first-order chi connectivity index (χ1) is 11.6. The normalized spacial score (nSPS) is 10.5. The molecular formula is C18H15N3O3. The summed E-state index contributed by atoms with van der Waals surface area (Å²) < 4.78 is 0. The molecule has 0 aliphatic carbocycles. The number of benzene rings is 2. The number of fused-ring (bicyclic) bond motifs is 1. The van der Waals surface area contributed by atoms with Crippen molar-refractivity contribution in [2.45, 2.75) is 6.42 Å². The van der Waals surface area contributed by atoms with Gasteiger partial charge in [-0.15, -0.1) is 0 Å². The first-order valence-electron chi connectivity index (χ1n) is 7.45. The van der Waals surface area contributed by atoms with Gasteiger partial charge >= 0.3 is 5.97 Å². The van der Waals surface area contributed by atoms with Crippen LogP contribution in [0.25, 0.3) is 11.0 Å². The zero-order chi connectivity index (χ0) is 16.9. The van der Waals surface area contributed by atoms with Gasteiger partial charge in [-0.1, -0.05) is 12.1 Å². The van der Waals surface area contributed by atoms with E-state index in [9.17, 15) is 9.59 Å². The number of carboxylic acid groups (broad SMARTS) is 1. The molecule has 0 atom stereocenters. The standard InChI is InChI=1S/C18H15N3O3/c22-17(14-5-6-15-16(11-14)20-10-9-19-15)21-8-7-12-1-3-13(4-2-12)18(23)24/h1-6,9-11H,7-8H2,(H,21,22)(H,23,24). The van der Waals surface area contributed by atoms with Crippen LogP contribution in [0.2, 0.25) is 0 Å². The Balaban J connectivity index is 1.59. The Morgan fingerprint density at radius 3 is 2.29 bits per heavy atom. The van der Waals surface area contributed by atoms with Gasteiger partial charge < -0.3 is 10.4 Å².